The van der Waals surface area contributed by atoms with Crippen molar-refractivity contribution in [1.82, 2.24) is 4.90 Å². The molecule has 0 aliphatic rings. The van der Waals surface area contributed by atoms with Crippen molar-refractivity contribution in [2.24, 2.45) is 0 Å². The van der Waals surface area contributed by atoms with Gasteiger partial charge in [-0.3, -0.25) is 0 Å². The molecule has 5 heteroatoms. The molecule has 0 aliphatic carbocycles. The van der Waals surface area contributed by atoms with Crippen molar-refractivity contribution in [2.45, 2.75) is 19.4 Å². The number of methoxy groups -OCH3 is 1. The molecule has 2 rings (SSSR count). The Morgan fingerprint density at radius 2 is 1.84 bits per heavy atom. The van der Waals surface area contributed by atoms with E-state index >= 15 is 0 Å². The number of benzene rings is 2. The Morgan fingerprint density at radius 1 is 1.12 bits per heavy atom. The first-order chi connectivity index (χ1) is 12.2. The number of unbranched alkanes of at least 4 members (excludes halogenated alkanes) is 1. The van der Waals surface area contributed by atoms with Crippen molar-refractivity contribution in [3.63, 3.8) is 0 Å². The molecule has 0 fully saturated rings. The SMILES string of the molecule is COCCCCN(Cc1ccccc1)C(=O)Nc1ccccc1C#N. The molecule has 0 saturated carbocycles. The second kappa shape index (κ2) is 10.1. The van der Waals surface area contributed by atoms with Crippen LogP contribution in [0.1, 0.15) is 24.0 Å². The summed E-state index contributed by atoms with van der Waals surface area (Å²) >= 11 is 0. The van der Waals surface area contributed by atoms with E-state index in [0.29, 0.717) is 30.9 Å². The highest BCUT2D eigenvalue weighted by molar-refractivity contribution is 5.90. The first-order valence-corrected chi connectivity index (χ1v) is 8.32. The third-order valence-corrected chi connectivity index (χ3v) is 3.82. The van der Waals surface area contributed by atoms with E-state index in [1.165, 1.54) is 0 Å². The van der Waals surface area contributed by atoms with Crippen molar-refractivity contribution >= 4 is 11.7 Å². The Morgan fingerprint density at radius 3 is 2.56 bits per heavy atom. The Kier molecular flexibility index (Phi) is 7.48. The van der Waals surface area contributed by atoms with Crippen molar-refractivity contribution in [3.05, 3.63) is 65.7 Å². The first-order valence-electron chi connectivity index (χ1n) is 8.32. The molecule has 0 bridgehead atoms. The lowest BCUT2D eigenvalue weighted by molar-refractivity contribution is 0.182. The lowest BCUT2D eigenvalue weighted by Gasteiger charge is -2.23. The highest BCUT2D eigenvalue weighted by Gasteiger charge is 2.15. The third-order valence-electron chi connectivity index (χ3n) is 3.82. The van der Waals surface area contributed by atoms with Gasteiger partial charge in [-0.2, -0.15) is 5.26 Å². The fourth-order valence-electron chi connectivity index (χ4n) is 2.49. The van der Waals surface area contributed by atoms with Crippen LogP contribution in [0.25, 0.3) is 0 Å². The summed E-state index contributed by atoms with van der Waals surface area (Å²) in [6.45, 7) is 1.82. The quantitative estimate of drug-likeness (QED) is 0.740. The Hall–Kier alpha value is -2.84. The van der Waals surface area contributed by atoms with Crippen LogP contribution >= 0.6 is 0 Å². The molecule has 0 heterocycles. The molecule has 0 radical (unpaired) electrons. The zero-order chi connectivity index (χ0) is 17.9. The van der Waals surface area contributed by atoms with Crippen LogP contribution in [-0.4, -0.2) is 31.2 Å². The lowest BCUT2D eigenvalue weighted by atomic mass is 10.2. The van der Waals surface area contributed by atoms with E-state index in [0.717, 1.165) is 18.4 Å². The van der Waals surface area contributed by atoms with Crippen LogP contribution in [0.15, 0.2) is 54.6 Å². The minimum atomic E-state index is -0.205. The van der Waals surface area contributed by atoms with Crippen LogP contribution in [0.5, 0.6) is 0 Å². The topological polar surface area (TPSA) is 65.4 Å². The van der Waals surface area contributed by atoms with E-state index in [2.05, 4.69) is 11.4 Å². The molecule has 2 amide bonds. The molecule has 0 atom stereocenters. The van der Waals surface area contributed by atoms with Gasteiger partial charge in [-0.25, -0.2) is 4.79 Å². The number of rotatable bonds is 8. The number of nitriles is 1. The summed E-state index contributed by atoms with van der Waals surface area (Å²) in [4.78, 5) is 14.5. The second-order valence-corrected chi connectivity index (χ2v) is 5.69. The molecule has 2 aromatic carbocycles. The van der Waals surface area contributed by atoms with Crippen molar-refractivity contribution < 1.29 is 9.53 Å². The first kappa shape index (κ1) is 18.5. The van der Waals surface area contributed by atoms with Gasteiger partial charge >= 0.3 is 6.03 Å². The van der Waals surface area contributed by atoms with Crippen molar-refractivity contribution in [2.75, 3.05) is 25.6 Å². The van der Waals surface area contributed by atoms with Gasteiger partial charge in [0, 0.05) is 26.8 Å². The summed E-state index contributed by atoms with van der Waals surface area (Å²) in [7, 11) is 1.67. The van der Waals surface area contributed by atoms with Gasteiger partial charge in [0.1, 0.15) is 6.07 Å². The van der Waals surface area contributed by atoms with E-state index in [-0.39, 0.29) is 6.03 Å². The summed E-state index contributed by atoms with van der Waals surface area (Å²) < 4.78 is 5.07. The third kappa shape index (κ3) is 5.94. The predicted molar refractivity (Wildman–Crippen MR) is 98.1 cm³/mol. The number of hydrogen-bond donors (Lipinski definition) is 1. The molecule has 0 saturated heterocycles. The smallest absolute Gasteiger partial charge is 0.322 e. The maximum Gasteiger partial charge on any atom is 0.322 e. The molecule has 1 N–H and O–H groups in total. The molecular weight excluding hydrogens is 314 g/mol. The number of nitrogens with one attached hydrogen (secondary N) is 1. The normalized spacial score (nSPS) is 10.1. The number of anilines is 1. The number of urea groups is 1. The van der Waals surface area contributed by atoms with Crippen molar-refractivity contribution in [3.8, 4) is 6.07 Å². The van der Waals surface area contributed by atoms with Crippen molar-refractivity contribution in [1.29, 1.82) is 5.26 Å². The number of amides is 2. The molecule has 0 aliphatic heterocycles. The van der Waals surface area contributed by atoms with E-state index < -0.39 is 0 Å². The van der Waals surface area contributed by atoms with Gasteiger partial charge in [0.25, 0.3) is 0 Å². The molecule has 0 unspecified atom stereocenters. The number of hydrogen-bond acceptors (Lipinski definition) is 3. The molecule has 0 aromatic heterocycles. The number of carbonyl (C=O) groups is 1. The molecular formula is C20H23N3O2. The van der Waals surface area contributed by atoms with Crippen LogP contribution in [0.2, 0.25) is 0 Å². The maximum absolute atomic E-state index is 12.7. The highest BCUT2D eigenvalue weighted by Crippen LogP contribution is 2.15. The van der Waals surface area contributed by atoms with Gasteiger partial charge in [-0.05, 0) is 30.5 Å². The predicted octanol–water partition coefficient (Wildman–Crippen LogP) is 4.02. The molecule has 2 aromatic rings. The number of para-hydroxylation sites is 1. The number of carbonyl (C=O) groups excluding carboxylic acids is 1. The number of nitrogens with zero attached hydrogens (tertiary/aromatic N) is 2. The van der Waals surface area contributed by atoms with Gasteiger partial charge in [0.05, 0.1) is 11.3 Å². The largest absolute Gasteiger partial charge is 0.385 e. The van der Waals surface area contributed by atoms with Crippen LogP contribution in [0.4, 0.5) is 10.5 Å². The summed E-state index contributed by atoms with van der Waals surface area (Å²) in [5, 5.41) is 12.0. The minimum Gasteiger partial charge on any atom is -0.385 e. The zero-order valence-electron chi connectivity index (χ0n) is 14.4. The average molecular weight is 337 g/mol. The zero-order valence-corrected chi connectivity index (χ0v) is 14.4. The maximum atomic E-state index is 12.7. The summed E-state index contributed by atoms with van der Waals surface area (Å²) in [6.07, 6.45) is 1.75. The summed E-state index contributed by atoms with van der Waals surface area (Å²) in [6, 6.07) is 18.8. The minimum absolute atomic E-state index is 0.205. The fraction of sp³-hybridized carbons (Fsp3) is 0.300. The Bertz CT molecular complexity index is 710. The highest BCUT2D eigenvalue weighted by atomic mass is 16.5. The van der Waals surface area contributed by atoms with Gasteiger partial charge in [0.15, 0.2) is 0 Å². The van der Waals surface area contributed by atoms with E-state index in [9.17, 15) is 10.1 Å². The van der Waals surface area contributed by atoms with E-state index in [4.69, 9.17) is 4.74 Å². The van der Waals surface area contributed by atoms with E-state index in [1.54, 1.807) is 36.3 Å². The molecule has 25 heavy (non-hydrogen) atoms. The van der Waals surface area contributed by atoms with Crippen LogP contribution in [0.3, 0.4) is 0 Å². The fourth-order valence-corrected chi connectivity index (χ4v) is 2.49. The standard InChI is InChI=1S/C20H23N3O2/c1-25-14-8-7-13-23(16-17-9-3-2-4-10-17)20(24)22-19-12-6-5-11-18(19)15-21/h2-6,9-12H,7-8,13-14,16H2,1H3,(H,22,24). The van der Waals surface area contributed by atoms with Crippen LogP contribution in [0, 0.1) is 11.3 Å². The number of ether oxygens (including phenoxy) is 1. The summed E-state index contributed by atoms with van der Waals surface area (Å²) in [5.74, 6) is 0. The second-order valence-electron chi connectivity index (χ2n) is 5.69. The summed E-state index contributed by atoms with van der Waals surface area (Å²) in [5.41, 5.74) is 2.05. The van der Waals surface area contributed by atoms with Gasteiger partial charge < -0.3 is 15.0 Å². The van der Waals surface area contributed by atoms with E-state index in [1.807, 2.05) is 30.3 Å². The average Bonchev–Trinajstić information content (AvgIpc) is 2.65. The van der Waals surface area contributed by atoms with Gasteiger partial charge in [-0.15, -0.1) is 0 Å². The monoisotopic (exact) mass is 337 g/mol. The van der Waals surface area contributed by atoms with Crippen LogP contribution < -0.4 is 5.32 Å². The molecule has 130 valence electrons. The van der Waals surface area contributed by atoms with Crippen LogP contribution in [-0.2, 0) is 11.3 Å². The molecule has 5 nitrogen and oxygen atoms in total. The Labute approximate surface area is 148 Å². The van der Waals surface area contributed by atoms with Gasteiger partial charge in [0.2, 0.25) is 0 Å². The molecule has 0 spiro atoms. The Balaban J connectivity index is 2.07. The van der Waals surface area contributed by atoms with Gasteiger partial charge in [-0.1, -0.05) is 42.5 Å². The lowest BCUT2D eigenvalue weighted by Crippen LogP contribution is -2.35.